The predicted molar refractivity (Wildman–Crippen MR) is 102 cm³/mol. The number of non-ortho nitro benzene ring substituents is 1. The van der Waals surface area contributed by atoms with Crippen LogP contribution in [0.5, 0.6) is 0 Å². The molecule has 0 fully saturated rings. The van der Waals surface area contributed by atoms with Crippen LogP contribution in [0.2, 0.25) is 0 Å². The maximum atomic E-state index is 12.8. The van der Waals surface area contributed by atoms with Crippen molar-refractivity contribution in [1.82, 2.24) is 0 Å². The molecule has 7 nitrogen and oxygen atoms in total. The summed E-state index contributed by atoms with van der Waals surface area (Å²) in [4.78, 5) is 23.1. The lowest BCUT2D eigenvalue weighted by molar-refractivity contribution is -0.384. The molecular weight excluding hydrogens is 402 g/mol. The molecule has 0 radical (unpaired) electrons. The Bertz CT molecular complexity index is 905. The highest BCUT2D eigenvalue weighted by Gasteiger charge is 2.32. The smallest absolute Gasteiger partial charge is 0.284 e. The van der Waals surface area contributed by atoms with Crippen molar-refractivity contribution in [2.45, 2.75) is 6.92 Å². The second-order valence-corrected chi connectivity index (χ2v) is 6.25. The van der Waals surface area contributed by atoms with Crippen LogP contribution >= 0.6 is 15.9 Å². The molecule has 0 aliphatic carbocycles. The van der Waals surface area contributed by atoms with Gasteiger partial charge < -0.3 is 4.74 Å². The number of nitro benzene ring substituents is 1. The van der Waals surface area contributed by atoms with Crippen LogP contribution in [0.4, 0.5) is 11.4 Å². The molecule has 0 saturated carbocycles. The van der Waals surface area contributed by atoms with Crippen molar-refractivity contribution < 1.29 is 14.5 Å². The monoisotopic (exact) mass is 415 g/mol. The summed E-state index contributed by atoms with van der Waals surface area (Å²) in [7, 11) is 0. The van der Waals surface area contributed by atoms with Crippen LogP contribution in [-0.2, 0) is 9.53 Å². The number of halogens is 1. The van der Waals surface area contributed by atoms with E-state index < -0.39 is 4.92 Å². The fraction of sp³-hybridized carbons (Fsp3) is 0.111. The van der Waals surface area contributed by atoms with Gasteiger partial charge >= 0.3 is 0 Å². The number of carbonyl (C=O) groups is 1. The van der Waals surface area contributed by atoms with Gasteiger partial charge in [-0.25, -0.2) is 0 Å². The number of rotatable bonds is 4. The molecule has 1 aliphatic rings. The van der Waals surface area contributed by atoms with Crippen molar-refractivity contribution in [3.8, 4) is 0 Å². The molecule has 0 aromatic heterocycles. The number of nitro groups is 1. The lowest BCUT2D eigenvalue weighted by Crippen LogP contribution is -2.21. The number of anilines is 1. The lowest BCUT2D eigenvalue weighted by atomic mass is 10.1. The number of benzene rings is 2. The summed E-state index contributed by atoms with van der Waals surface area (Å²) >= 11 is 3.37. The molecule has 0 atom stereocenters. The van der Waals surface area contributed by atoms with Gasteiger partial charge in [0, 0.05) is 16.6 Å². The zero-order valence-electron chi connectivity index (χ0n) is 13.8. The average Bonchev–Trinajstić information content (AvgIpc) is 2.93. The number of carbonyl (C=O) groups excluding carboxylic acids is 1. The van der Waals surface area contributed by atoms with E-state index in [1.165, 1.54) is 29.3 Å². The highest BCUT2D eigenvalue weighted by atomic mass is 79.9. The summed E-state index contributed by atoms with van der Waals surface area (Å²) < 4.78 is 6.43. The fourth-order valence-corrected chi connectivity index (χ4v) is 2.64. The van der Waals surface area contributed by atoms with Crippen LogP contribution in [0, 0.1) is 10.1 Å². The van der Waals surface area contributed by atoms with Gasteiger partial charge in [0.05, 0.1) is 17.2 Å². The molecule has 3 rings (SSSR count). The number of amides is 1. The van der Waals surface area contributed by atoms with Crippen molar-refractivity contribution in [1.29, 1.82) is 0 Å². The van der Waals surface area contributed by atoms with E-state index >= 15 is 0 Å². The molecule has 0 bridgehead atoms. The quantitative estimate of drug-likeness (QED) is 0.426. The zero-order chi connectivity index (χ0) is 18.7. The standard InChI is InChI=1S/C18H14BrN3O4/c1-2-26-17-16(11-12-3-5-13(19)6-4-12)18(23)21(20-17)14-7-9-15(10-8-14)22(24)25/h3-11H,2H2,1H3. The molecule has 1 heterocycles. The first-order valence-corrected chi connectivity index (χ1v) is 8.57. The van der Waals surface area contributed by atoms with Crippen molar-refractivity contribution in [2.24, 2.45) is 5.10 Å². The molecule has 2 aromatic rings. The first kappa shape index (κ1) is 17.8. The van der Waals surface area contributed by atoms with Gasteiger partial charge in [-0.3, -0.25) is 14.9 Å². The maximum absolute atomic E-state index is 12.8. The molecular formula is C18H14BrN3O4. The van der Waals surface area contributed by atoms with Gasteiger partial charge in [0.1, 0.15) is 5.57 Å². The van der Waals surface area contributed by atoms with E-state index in [-0.39, 0.29) is 17.5 Å². The van der Waals surface area contributed by atoms with Gasteiger partial charge in [0.15, 0.2) is 0 Å². The van der Waals surface area contributed by atoms with Crippen molar-refractivity contribution in [3.05, 3.63) is 74.3 Å². The lowest BCUT2D eigenvalue weighted by Gasteiger charge is -2.10. The number of nitrogens with zero attached hydrogens (tertiary/aromatic N) is 3. The molecule has 0 spiro atoms. The molecule has 132 valence electrons. The number of hydrogen-bond donors (Lipinski definition) is 0. The molecule has 2 aromatic carbocycles. The van der Waals surface area contributed by atoms with E-state index in [1.54, 1.807) is 13.0 Å². The van der Waals surface area contributed by atoms with Crippen molar-refractivity contribution in [2.75, 3.05) is 11.6 Å². The highest BCUT2D eigenvalue weighted by molar-refractivity contribution is 9.10. The Morgan fingerprint density at radius 2 is 1.85 bits per heavy atom. The predicted octanol–water partition coefficient (Wildman–Crippen LogP) is 4.14. The van der Waals surface area contributed by atoms with Gasteiger partial charge in [0.2, 0.25) is 5.90 Å². The minimum Gasteiger partial charge on any atom is -0.476 e. The third-order valence-electron chi connectivity index (χ3n) is 3.61. The van der Waals surface area contributed by atoms with E-state index in [0.29, 0.717) is 17.9 Å². The van der Waals surface area contributed by atoms with Gasteiger partial charge in [-0.15, -0.1) is 5.10 Å². The highest BCUT2D eigenvalue weighted by Crippen LogP contribution is 2.27. The normalized spacial score (nSPS) is 15.3. The second kappa shape index (κ2) is 7.49. The van der Waals surface area contributed by atoms with Gasteiger partial charge in [-0.2, -0.15) is 5.01 Å². The summed E-state index contributed by atoms with van der Waals surface area (Å²) in [6, 6.07) is 13.1. The topological polar surface area (TPSA) is 85.0 Å². The largest absolute Gasteiger partial charge is 0.476 e. The third-order valence-corrected chi connectivity index (χ3v) is 4.14. The zero-order valence-corrected chi connectivity index (χ0v) is 15.3. The van der Waals surface area contributed by atoms with E-state index in [2.05, 4.69) is 21.0 Å². The first-order chi connectivity index (χ1) is 12.5. The van der Waals surface area contributed by atoms with Crippen LogP contribution in [0.15, 0.2) is 63.7 Å². The van der Waals surface area contributed by atoms with E-state index in [0.717, 1.165) is 10.0 Å². The Hall–Kier alpha value is -3.00. The van der Waals surface area contributed by atoms with Crippen LogP contribution in [0.1, 0.15) is 12.5 Å². The third kappa shape index (κ3) is 3.65. The Kier molecular flexibility index (Phi) is 5.13. The summed E-state index contributed by atoms with van der Waals surface area (Å²) in [5.41, 5.74) is 1.53. The average molecular weight is 416 g/mol. The summed E-state index contributed by atoms with van der Waals surface area (Å²) in [5, 5.41) is 16.2. The fourth-order valence-electron chi connectivity index (χ4n) is 2.38. The van der Waals surface area contributed by atoms with Crippen LogP contribution < -0.4 is 5.01 Å². The number of hydrogen-bond acceptors (Lipinski definition) is 5. The molecule has 1 amide bonds. The summed E-state index contributed by atoms with van der Waals surface area (Å²) in [6.45, 7) is 2.16. The minimum atomic E-state index is -0.497. The molecule has 0 N–H and O–H groups in total. The first-order valence-electron chi connectivity index (χ1n) is 7.77. The number of ether oxygens (including phenoxy) is 1. The molecule has 1 aliphatic heterocycles. The SMILES string of the molecule is CCOC1=NN(c2ccc([N+](=O)[O-])cc2)C(=O)C1=Cc1ccc(Br)cc1. The van der Waals surface area contributed by atoms with E-state index in [9.17, 15) is 14.9 Å². The van der Waals surface area contributed by atoms with E-state index in [1.807, 2.05) is 24.3 Å². The minimum absolute atomic E-state index is 0.0555. The number of hydrazone groups is 1. The Labute approximate surface area is 157 Å². The van der Waals surface area contributed by atoms with Crippen molar-refractivity contribution >= 4 is 45.2 Å². The van der Waals surface area contributed by atoms with Crippen LogP contribution in [-0.4, -0.2) is 23.3 Å². The Morgan fingerprint density at radius 1 is 1.19 bits per heavy atom. The Balaban J connectivity index is 1.95. The van der Waals surface area contributed by atoms with Gasteiger partial charge in [-0.05, 0) is 42.8 Å². The van der Waals surface area contributed by atoms with E-state index in [4.69, 9.17) is 4.74 Å². The summed E-state index contributed by atoms with van der Waals surface area (Å²) in [6.07, 6.45) is 1.70. The second-order valence-electron chi connectivity index (χ2n) is 5.34. The van der Waals surface area contributed by atoms with Gasteiger partial charge in [0.25, 0.3) is 11.6 Å². The maximum Gasteiger partial charge on any atom is 0.284 e. The summed E-state index contributed by atoms with van der Waals surface area (Å²) in [5.74, 6) is -0.135. The van der Waals surface area contributed by atoms with Crippen molar-refractivity contribution in [3.63, 3.8) is 0 Å². The van der Waals surface area contributed by atoms with Gasteiger partial charge in [-0.1, -0.05) is 28.1 Å². The molecule has 0 saturated heterocycles. The molecule has 8 heteroatoms. The molecule has 0 unspecified atom stereocenters. The molecule has 26 heavy (non-hydrogen) atoms. The van der Waals surface area contributed by atoms with Crippen LogP contribution in [0.25, 0.3) is 6.08 Å². The Morgan fingerprint density at radius 3 is 2.42 bits per heavy atom. The van der Waals surface area contributed by atoms with Crippen LogP contribution in [0.3, 0.4) is 0 Å².